The Bertz CT molecular complexity index is 475. The summed E-state index contributed by atoms with van der Waals surface area (Å²) in [5, 5.41) is -0.856. The maximum absolute atomic E-state index is 12.3. The Hall–Kier alpha value is -1.30. The number of nitrogen functional groups attached to an aromatic ring is 1. The van der Waals surface area contributed by atoms with Crippen LogP contribution in [-0.2, 0) is 6.18 Å². The third kappa shape index (κ3) is 1.41. The third-order valence-electron chi connectivity index (χ3n) is 1.69. The van der Waals surface area contributed by atoms with Crippen LogP contribution in [0.1, 0.15) is 5.01 Å². The van der Waals surface area contributed by atoms with Gasteiger partial charge in [0.1, 0.15) is 5.52 Å². The zero-order valence-corrected chi connectivity index (χ0v) is 7.62. The van der Waals surface area contributed by atoms with Crippen molar-refractivity contribution in [3.63, 3.8) is 0 Å². The van der Waals surface area contributed by atoms with Gasteiger partial charge in [-0.1, -0.05) is 6.07 Å². The number of anilines is 1. The number of para-hydroxylation sites is 1. The maximum atomic E-state index is 12.3. The number of nitrogens with zero attached hydrogens (tertiary/aromatic N) is 1. The molecule has 2 nitrogen and oxygen atoms in total. The molecule has 2 N–H and O–H groups in total. The monoisotopic (exact) mass is 218 g/mol. The van der Waals surface area contributed by atoms with Crippen molar-refractivity contribution < 1.29 is 13.2 Å². The first kappa shape index (κ1) is 9.26. The number of aromatic nitrogens is 1. The van der Waals surface area contributed by atoms with Crippen LogP contribution in [0.15, 0.2) is 18.2 Å². The SMILES string of the molecule is Nc1cccc2sc(C(F)(F)F)nc12. The smallest absolute Gasteiger partial charge is 0.397 e. The molecule has 0 unspecified atom stereocenters. The average Bonchev–Trinajstić information content (AvgIpc) is 2.48. The third-order valence-corrected chi connectivity index (χ3v) is 2.76. The standard InChI is InChI=1S/C8H5F3N2S/c9-8(10,11)7-13-6-4(12)2-1-3-5(6)14-7/h1-3H,12H2. The second-order valence-electron chi connectivity index (χ2n) is 2.71. The quantitative estimate of drug-likeness (QED) is 0.690. The molecule has 0 aliphatic heterocycles. The van der Waals surface area contributed by atoms with Crippen LogP contribution < -0.4 is 5.73 Å². The molecule has 0 spiro atoms. The predicted octanol–water partition coefficient (Wildman–Crippen LogP) is 2.90. The van der Waals surface area contributed by atoms with Gasteiger partial charge in [0.05, 0.1) is 10.4 Å². The lowest BCUT2D eigenvalue weighted by molar-refractivity contribution is -0.137. The molecule has 0 saturated heterocycles. The largest absolute Gasteiger partial charge is 0.443 e. The first-order valence-electron chi connectivity index (χ1n) is 3.71. The number of alkyl halides is 3. The number of nitrogens with two attached hydrogens (primary N) is 1. The Morgan fingerprint density at radius 1 is 1.29 bits per heavy atom. The van der Waals surface area contributed by atoms with Crippen LogP contribution in [0.2, 0.25) is 0 Å². The summed E-state index contributed by atoms with van der Waals surface area (Å²) < 4.78 is 37.3. The first-order chi connectivity index (χ1) is 6.48. The number of hydrogen-bond acceptors (Lipinski definition) is 3. The summed E-state index contributed by atoms with van der Waals surface area (Å²) in [6, 6.07) is 4.71. The van der Waals surface area contributed by atoms with E-state index in [9.17, 15) is 13.2 Å². The van der Waals surface area contributed by atoms with E-state index in [1.807, 2.05) is 0 Å². The minimum Gasteiger partial charge on any atom is -0.397 e. The Morgan fingerprint density at radius 2 is 2.00 bits per heavy atom. The second-order valence-corrected chi connectivity index (χ2v) is 3.74. The molecule has 0 bridgehead atoms. The van der Waals surface area contributed by atoms with Crippen molar-refractivity contribution in [2.75, 3.05) is 5.73 Å². The average molecular weight is 218 g/mol. The van der Waals surface area contributed by atoms with Crippen LogP contribution in [0.5, 0.6) is 0 Å². The fourth-order valence-corrected chi connectivity index (χ4v) is 1.96. The van der Waals surface area contributed by atoms with E-state index in [1.165, 1.54) is 6.07 Å². The Kier molecular flexibility index (Phi) is 1.88. The van der Waals surface area contributed by atoms with Gasteiger partial charge in [-0.25, -0.2) is 4.98 Å². The highest BCUT2D eigenvalue weighted by Crippen LogP contribution is 2.36. The molecule has 2 rings (SSSR count). The summed E-state index contributed by atoms with van der Waals surface area (Å²) in [4.78, 5) is 3.45. The number of thiazole rings is 1. The Balaban J connectivity index is 2.69. The molecule has 0 aliphatic carbocycles. The number of fused-ring (bicyclic) bond motifs is 1. The fraction of sp³-hybridized carbons (Fsp3) is 0.125. The van der Waals surface area contributed by atoms with Gasteiger partial charge in [0.15, 0.2) is 5.01 Å². The van der Waals surface area contributed by atoms with E-state index in [1.54, 1.807) is 12.1 Å². The highest BCUT2D eigenvalue weighted by molar-refractivity contribution is 7.18. The molecule has 2 aromatic rings. The summed E-state index contributed by atoms with van der Waals surface area (Å²) in [6.45, 7) is 0. The van der Waals surface area contributed by atoms with E-state index in [0.29, 0.717) is 16.0 Å². The molecule has 1 heterocycles. The van der Waals surface area contributed by atoms with Crippen molar-refractivity contribution in [2.24, 2.45) is 0 Å². The second kappa shape index (κ2) is 2.84. The first-order valence-corrected chi connectivity index (χ1v) is 4.52. The van der Waals surface area contributed by atoms with Gasteiger partial charge < -0.3 is 5.73 Å². The van der Waals surface area contributed by atoms with Crippen molar-refractivity contribution in [3.05, 3.63) is 23.2 Å². The van der Waals surface area contributed by atoms with Crippen molar-refractivity contribution in [2.45, 2.75) is 6.18 Å². The lowest BCUT2D eigenvalue weighted by Gasteiger charge is -1.98. The lowest BCUT2D eigenvalue weighted by atomic mass is 10.3. The van der Waals surface area contributed by atoms with Gasteiger partial charge in [0.2, 0.25) is 0 Å². The van der Waals surface area contributed by atoms with Gasteiger partial charge >= 0.3 is 6.18 Å². The number of rotatable bonds is 0. The number of benzene rings is 1. The van der Waals surface area contributed by atoms with Gasteiger partial charge in [0, 0.05) is 0 Å². The molecule has 0 aliphatic rings. The zero-order valence-electron chi connectivity index (χ0n) is 6.80. The van der Waals surface area contributed by atoms with E-state index in [2.05, 4.69) is 4.98 Å². The minimum atomic E-state index is -4.39. The van der Waals surface area contributed by atoms with Crippen LogP contribution >= 0.6 is 11.3 Å². The normalized spacial score (nSPS) is 12.2. The lowest BCUT2D eigenvalue weighted by Crippen LogP contribution is -2.03. The molecule has 6 heteroatoms. The molecule has 14 heavy (non-hydrogen) atoms. The molecule has 0 amide bonds. The number of halogens is 3. The molecule has 1 aromatic heterocycles. The van der Waals surface area contributed by atoms with Crippen LogP contribution in [0.3, 0.4) is 0 Å². The van der Waals surface area contributed by atoms with Crippen LogP contribution in [0, 0.1) is 0 Å². The van der Waals surface area contributed by atoms with Gasteiger partial charge in [-0.2, -0.15) is 13.2 Å². The van der Waals surface area contributed by atoms with E-state index >= 15 is 0 Å². The topological polar surface area (TPSA) is 38.9 Å². The zero-order chi connectivity index (χ0) is 10.3. The molecule has 74 valence electrons. The summed E-state index contributed by atoms with van der Waals surface area (Å²) in [6.07, 6.45) is -4.39. The summed E-state index contributed by atoms with van der Waals surface area (Å²) in [5.74, 6) is 0. The van der Waals surface area contributed by atoms with E-state index in [0.717, 1.165) is 0 Å². The van der Waals surface area contributed by atoms with Gasteiger partial charge in [-0.15, -0.1) is 11.3 Å². The van der Waals surface area contributed by atoms with Gasteiger partial charge in [0.25, 0.3) is 0 Å². The minimum absolute atomic E-state index is 0.227. The van der Waals surface area contributed by atoms with Crippen molar-refractivity contribution in [1.82, 2.24) is 4.98 Å². The van der Waals surface area contributed by atoms with Crippen molar-refractivity contribution in [1.29, 1.82) is 0 Å². The molecule has 1 aromatic carbocycles. The van der Waals surface area contributed by atoms with Crippen molar-refractivity contribution in [3.8, 4) is 0 Å². The summed E-state index contributed by atoms with van der Waals surface area (Å²) >= 11 is 0.602. The maximum Gasteiger partial charge on any atom is 0.443 e. The molecular weight excluding hydrogens is 213 g/mol. The molecular formula is C8H5F3N2S. The van der Waals surface area contributed by atoms with Crippen molar-refractivity contribution >= 4 is 27.2 Å². The number of hydrogen-bond donors (Lipinski definition) is 1. The van der Waals surface area contributed by atoms with Crippen LogP contribution in [0.4, 0.5) is 18.9 Å². The van der Waals surface area contributed by atoms with Crippen LogP contribution in [0.25, 0.3) is 10.2 Å². The molecule has 0 fully saturated rings. The van der Waals surface area contributed by atoms with E-state index in [-0.39, 0.29) is 11.2 Å². The summed E-state index contributed by atoms with van der Waals surface area (Å²) in [5.41, 5.74) is 5.99. The van der Waals surface area contributed by atoms with Crippen LogP contribution in [-0.4, -0.2) is 4.98 Å². The highest BCUT2D eigenvalue weighted by Gasteiger charge is 2.35. The molecule has 0 radical (unpaired) electrons. The van der Waals surface area contributed by atoms with Gasteiger partial charge in [-0.3, -0.25) is 0 Å². The molecule has 0 saturated carbocycles. The van der Waals surface area contributed by atoms with E-state index < -0.39 is 11.2 Å². The fourth-order valence-electron chi connectivity index (χ4n) is 1.09. The summed E-state index contributed by atoms with van der Waals surface area (Å²) in [7, 11) is 0. The Morgan fingerprint density at radius 3 is 2.57 bits per heavy atom. The Labute approximate surface area is 81.2 Å². The predicted molar refractivity (Wildman–Crippen MR) is 49.0 cm³/mol. The highest BCUT2D eigenvalue weighted by atomic mass is 32.1. The van der Waals surface area contributed by atoms with E-state index in [4.69, 9.17) is 5.73 Å². The molecule has 0 atom stereocenters. The van der Waals surface area contributed by atoms with Gasteiger partial charge in [-0.05, 0) is 12.1 Å².